The second-order valence-electron chi connectivity index (χ2n) is 5.16. The predicted octanol–water partition coefficient (Wildman–Crippen LogP) is 0.505. The fourth-order valence-corrected chi connectivity index (χ4v) is 4.19. The van der Waals surface area contributed by atoms with Crippen molar-refractivity contribution in [2.45, 2.75) is 38.3 Å². The van der Waals surface area contributed by atoms with E-state index in [1.807, 2.05) is 0 Å². The van der Waals surface area contributed by atoms with E-state index in [-0.39, 0.29) is 5.54 Å². The van der Waals surface area contributed by atoms with Gasteiger partial charge in [-0.1, -0.05) is 0 Å². The van der Waals surface area contributed by atoms with Crippen LogP contribution in [0.25, 0.3) is 0 Å². The van der Waals surface area contributed by atoms with Crippen LogP contribution in [-0.4, -0.2) is 55.1 Å². The van der Waals surface area contributed by atoms with Crippen molar-refractivity contribution in [3.8, 4) is 0 Å². The normalized spacial score (nSPS) is 27.5. The van der Waals surface area contributed by atoms with Gasteiger partial charge in [0.2, 0.25) is 10.0 Å². The molecule has 2 rings (SSSR count). The van der Waals surface area contributed by atoms with Crippen molar-refractivity contribution in [2.24, 2.45) is 0 Å². The largest absolute Gasteiger partial charge is 0.297 e. The zero-order valence-electron chi connectivity index (χ0n) is 9.73. The van der Waals surface area contributed by atoms with E-state index in [1.54, 1.807) is 4.31 Å². The minimum absolute atomic E-state index is 0.0577. The van der Waals surface area contributed by atoms with Crippen LogP contribution < -0.4 is 0 Å². The third-order valence-corrected chi connectivity index (χ3v) is 5.03. The molecule has 0 aromatic carbocycles. The summed E-state index contributed by atoms with van der Waals surface area (Å²) in [4.78, 5) is 2.34. The van der Waals surface area contributed by atoms with Gasteiger partial charge in [-0.15, -0.1) is 0 Å². The maximum Gasteiger partial charge on any atom is 0.211 e. The molecule has 0 saturated carbocycles. The second kappa shape index (κ2) is 3.43. The number of nitrogens with zero attached hydrogens (tertiary/aromatic N) is 2. The van der Waals surface area contributed by atoms with Gasteiger partial charge in [0, 0.05) is 25.7 Å². The maximum absolute atomic E-state index is 11.6. The van der Waals surface area contributed by atoms with Gasteiger partial charge in [-0.2, -0.15) is 4.31 Å². The van der Waals surface area contributed by atoms with E-state index in [1.165, 1.54) is 6.26 Å². The average Bonchev–Trinajstić information content (AvgIpc) is 2.42. The first-order valence-corrected chi connectivity index (χ1v) is 7.42. The molecule has 0 bridgehead atoms. The van der Waals surface area contributed by atoms with E-state index in [2.05, 4.69) is 18.7 Å². The standard InChI is InChI=1S/C10H20N2O2S/c1-9(2)11-7-10(8-11)5-4-6-12(10)15(3,13)14/h9H,4-8H2,1-3H3. The Balaban J connectivity index is 2.11. The molecule has 0 N–H and O–H groups in total. The van der Waals surface area contributed by atoms with Crippen LogP contribution >= 0.6 is 0 Å². The van der Waals surface area contributed by atoms with Crippen LogP contribution in [0.3, 0.4) is 0 Å². The minimum atomic E-state index is -3.01. The van der Waals surface area contributed by atoms with Crippen molar-refractivity contribution in [3.63, 3.8) is 0 Å². The molecular formula is C10H20N2O2S. The topological polar surface area (TPSA) is 40.6 Å². The summed E-state index contributed by atoms with van der Waals surface area (Å²) in [5.74, 6) is 0. The van der Waals surface area contributed by atoms with Gasteiger partial charge in [-0.05, 0) is 26.7 Å². The Morgan fingerprint density at radius 2 is 1.87 bits per heavy atom. The van der Waals surface area contributed by atoms with Crippen LogP contribution in [0.1, 0.15) is 26.7 Å². The Labute approximate surface area is 92.3 Å². The van der Waals surface area contributed by atoms with E-state index in [0.717, 1.165) is 25.9 Å². The molecule has 0 aromatic rings. The lowest BCUT2D eigenvalue weighted by Crippen LogP contribution is -2.69. The molecule has 0 aliphatic carbocycles. The van der Waals surface area contributed by atoms with E-state index in [4.69, 9.17) is 0 Å². The molecule has 2 heterocycles. The zero-order chi connectivity index (χ0) is 11.3. The van der Waals surface area contributed by atoms with Crippen LogP contribution in [-0.2, 0) is 10.0 Å². The SMILES string of the molecule is CC(C)N1CC2(CCCN2S(C)(=O)=O)C1. The van der Waals surface area contributed by atoms with Crippen LogP contribution in [0, 0.1) is 0 Å². The average molecular weight is 232 g/mol. The highest BCUT2D eigenvalue weighted by atomic mass is 32.2. The maximum atomic E-state index is 11.6. The summed E-state index contributed by atoms with van der Waals surface area (Å²) in [7, 11) is -3.01. The van der Waals surface area contributed by atoms with Crippen molar-refractivity contribution < 1.29 is 8.42 Å². The van der Waals surface area contributed by atoms with Crippen LogP contribution in [0.2, 0.25) is 0 Å². The van der Waals surface area contributed by atoms with Crippen molar-refractivity contribution >= 4 is 10.0 Å². The van der Waals surface area contributed by atoms with Gasteiger partial charge in [0.25, 0.3) is 0 Å². The molecule has 2 saturated heterocycles. The molecule has 0 aromatic heterocycles. The highest BCUT2D eigenvalue weighted by molar-refractivity contribution is 7.88. The number of hydrogen-bond donors (Lipinski definition) is 0. The summed E-state index contributed by atoms with van der Waals surface area (Å²) in [5.41, 5.74) is -0.0577. The van der Waals surface area contributed by atoms with Crippen molar-refractivity contribution in [1.82, 2.24) is 9.21 Å². The minimum Gasteiger partial charge on any atom is -0.297 e. The Hall–Kier alpha value is -0.130. The van der Waals surface area contributed by atoms with Crippen molar-refractivity contribution in [2.75, 3.05) is 25.9 Å². The molecule has 0 unspecified atom stereocenters. The molecule has 4 nitrogen and oxygen atoms in total. The summed E-state index contributed by atoms with van der Waals surface area (Å²) in [6.45, 7) is 6.86. The number of rotatable bonds is 2. The lowest BCUT2D eigenvalue weighted by atomic mass is 9.87. The molecule has 1 spiro atoms. The summed E-state index contributed by atoms with van der Waals surface area (Å²) in [6.07, 6.45) is 3.38. The Morgan fingerprint density at radius 3 is 2.33 bits per heavy atom. The first-order chi connectivity index (χ1) is 6.85. The van der Waals surface area contributed by atoms with Gasteiger partial charge >= 0.3 is 0 Å². The first kappa shape index (κ1) is 11.4. The molecule has 0 radical (unpaired) electrons. The van der Waals surface area contributed by atoms with Crippen molar-refractivity contribution in [3.05, 3.63) is 0 Å². The molecule has 88 valence electrons. The Kier molecular flexibility index (Phi) is 2.60. The molecule has 0 amide bonds. The predicted molar refractivity (Wildman–Crippen MR) is 60.2 cm³/mol. The summed E-state index contributed by atoms with van der Waals surface area (Å²) in [5, 5.41) is 0. The highest BCUT2D eigenvalue weighted by Gasteiger charge is 2.53. The van der Waals surface area contributed by atoms with Crippen molar-refractivity contribution in [1.29, 1.82) is 0 Å². The van der Waals surface area contributed by atoms with Crippen LogP contribution in [0.15, 0.2) is 0 Å². The van der Waals surface area contributed by atoms with E-state index >= 15 is 0 Å². The quantitative estimate of drug-likeness (QED) is 0.696. The smallest absolute Gasteiger partial charge is 0.211 e. The lowest BCUT2D eigenvalue weighted by molar-refractivity contribution is -0.0104. The molecule has 2 aliphatic heterocycles. The van der Waals surface area contributed by atoms with Gasteiger partial charge in [0.1, 0.15) is 0 Å². The van der Waals surface area contributed by atoms with Gasteiger partial charge in [0.15, 0.2) is 0 Å². The van der Waals surface area contributed by atoms with E-state index in [9.17, 15) is 8.42 Å². The van der Waals surface area contributed by atoms with Crippen LogP contribution in [0.5, 0.6) is 0 Å². The lowest BCUT2D eigenvalue weighted by Gasteiger charge is -2.53. The third kappa shape index (κ3) is 1.81. The number of likely N-dealkylation sites (tertiary alicyclic amines) is 1. The molecule has 5 heteroatoms. The number of sulfonamides is 1. The Bertz CT molecular complexity index is 344. The molecule has 15 heavy (non-hydrogen) atoms. The van der Waals surface area contributed by atoms with Crippen LogP contribution in [0.4, 0.5) is 0 Å². The summed E-state index contributed by atoms with van der Waals surface area (Å²) in [6, 6.07) is 0.526. The van der Waals surface area contributed by atoms with E-state index < -0.39 is 10.0 Å². The monoisotopic (exact) mass is 232 g/mol. The van der Waals surface area contributed by atoms with E-state index in [0.29, 0.717) is 12.6 Å². The van der Waals surface area contributed by atoms with Gasteiger partial charge in [0.05, 0.1) is 11.8 Å². The number of hydrogen-bond acceptors (Lipinski definition) is 3. The first-order valence-electron chi connectivity index (χ1n) is 5.57. The summed E-state index contributed by atoms with van der Waals surface area (Å²) < 4.78 is 25.0. The molecule has 2 aliphatic rings. The highest BCUT2D eigenvalue weighted by Crippen LogP contribution is 2.39. The fraction of sp³-hybridized carbons (Fsp3) is 1.00. The van der Waals surface area contributed by atoms with Gasteiger partial charge in [-0.3, -0.25) is 4.90 Å². The molecule has 2 fully saturated rings. The molecular weight excluding hydrogens is 212 g/mol. The van der Waals surface area contributed by atoms with Gasteiger partial charge < -0.3 is 0 Å². The molecule has 0 atom stereocenters. The third-order valence-electron chi connectivity index (χ3n) is 3.66. The Morgan fingerprint density at radius 1 is 1.27 bits per heavy atom. The zero-order valence-corrected chi connectivity index (χ0v) is 10.5. The second-order valence-corrected chi connectivity index (χ2v) is 7.07. The fourth-order valence-electron chi connectivity index (χ4n) is 2.82. The summed E-state index contributed by atoms with van der Waals surface area (Å²) >= 11 is 0. The van der Waals surface area contributed by atoms with Gasteiger partial charge in [-0.25, -0.2) is 8.42 Å².